The molecule has 0 bridgehead atoms. The quantitative estimate of drug-likeness (QED) is 0.625. The molecule has 2 aliphatic rings. The van der Waals surface area contributed by atoms with E-state index in [2.05, 4.69) is 35.2 Å². The van der Waals surface area contributed by atoms with Crippen molar-refractivity contribution in [1.29, 1.82) is 0 Å². The maximum Gasteiger partial charge on any atom is 0.161 e. The molecule has 152 valence electrons. The SMILES string of the molecule is COc1ccc2c3c(c4cc(OC)c(OC)cc4c2c1)C[C@H]1CCOCCN1C3. The molecule has 0 unspecified atom stereocenters. The zero-order valence-corrected chi connectivity index (χ0v) is 17.3. The zero-order chi connectivity index (χ0) is 20.0. The summed E-state index contributed by atoms with van der Waals surface area (Å²) >= 11 is 0. The van der Waals surface area contributed by atoms with E-state index in [1.807, 2.05) is 0 Å². The molecule has 5 rings (SSSR count). The van der Waals surface area contributed by atoms with Crippen LogP contribution < -0.4 is 14.2 Å². The topological polar surface area (TPSA) is 40.2 Å². The van der Waals surface area contributed by atoms with Gasteiger partial charge in [-0.2, -0.15) is 0 Å². The number of fused-ring (bicyclic) bond motifs is 7. The van der Waals surface area contributed by atoms with Crippen LogP contribution in [0.4, 0.5) is 0 Å². The first kappa shape index (κ1) is 18.5. The number of hydrogen-bond acceptors (Lipinski definition) is 5. The van der Waals surface area contributed by atoms with E-state index in [-0.39, 0.29) is 0 Å². The molecule has 0 aromatic heterocycles. The lowest BCUT2D eigenvalue weighted by molar-refractivity contribution is 0.137. The molecule has 5 nitrogen and oxygen atoms in total. The summed E-state index contributed by atoms with van der Waals surface area (Å²) in [5, 5.41) is 4.93. The van der Waals surface area contributed by atoms with Gasteiger partial charge in [-0.15, -0.1) is 0 Å². The molecule has 3 aromatic rings. The van der Waals surface area contributed by atoms with Gasteiger partial charge in [0.1, 0.15) is 5.75 Å². The number of rotatable bonds is 3. The summed E-state index contributed by atoms with van der Waals surface area (Å²) in [7, 11) is 5.10. The minimum Gasteiger partial charge on any atom is -0.497 e. The van der Waals surface area contributed by atoms with Gasteiger partial charge in [0.2, 0.25) is 0 Å². The van der Waals surface area contributed by atoms with Crippen LogP contribution in [-0.2, 0) is 17.7 Å². The molecule has 0 saturated carbocycles. The highest BCUT2D eigenvalue weighted by molar-refractivity contribution is 6.12. The van der Waals surface area contributed by atoms with Crippen molar-refractivity contribution in [2.45, 2.75) is 25.4 Å². The predicted octanol–water partition coefficient (Wildman–Crippen LogP) is 4.17. The Labute approximate surface area is 171 Å². The van der Waals surface area contributed by atoms with E-state index in [1.54, 1.807) is 21.3 Å². The molecule has 0 radical (unpaired) electrons. The second kappa shape index (κ2) is 7.39. The Morgan fingerprint density at radius 2 is 1.59 bits per heavy atom. The second-order valence-electron chi connectivity index (χ2n) is 7.85. The largest absolute Gasteiger partial charge is 0.497 e. The first-order chi connectivity index (χ1) is 14.2. The van der Waals surface area contributed by atoms with E-state index in [9.17, 15) is 0 Å². The molecule has 3 aromatic carbocycles. The molecule has 1 fully saturated rings. The zero-order valence-electron chi connectivity index (χ0n) is 17.3. The lowest BCUT2D eigenvalue weighted by Gasteiger charge is -2.36. The van der Waals surface area contributed by atoms with E-state index in [1.165, 1.54) is 32.7 Å². The van der Waals surface area contributed by atoms with E-state index < -0.39 is 0 Å². The predicted molar refractivity (Wildman–Crippen MR) is 114 cm³/mol. The summed E-state index contributed by atoms with van der Waals surface area (Å²) in [6.45, 7) is 3.61. The summed E-state index contributed by atoms with van der Waals surface area (Å²) in [4.78, 5) is 2.59. The van der Waals surface area contributed by atoms with Gasteiger partial charge < -0.3 is 18.9 Å². The molecule has 0 N–H and O–H groups in total. The third kappa shape index (κ3) is 3.00. The Kier molecular flexibility index (Phi) is 4.72. The van der Waals surface area contributed by atoms with Gasteiger partial charge in [-0.05, 0) is 69.8 Å². The molecule has 2 heterocycles. The molecule has 0 amide bonds. The van der Waals surface area contributed by atoms with Gasteiger partial charge in [0.15, 0.2) is 11.5 Å². The third-order valence-electron chi connectivity index (χ3n) is 6.49. The van der Waals surface area contributed by atoms with Crippen LogP contribution >= 0.6 is 0 Å². The fourth-order valence-corrected chi connectivity index (χ4v) is 4.97. The van der Waals surface area contributed by atoms with Gasteiger partial charge >= 0.3 is 0 Å². The molecule has 0 aliphatic carbocycles. The molecule has 1 atom stereocenters. The molecular formula is C24H27NO4. The number of hydrogen-bond donors (Lipinski definition) is 0. The maximum atomic E-state index is 5.76. The smallest absolute Gasteiger partial charge is 0.161 e. The Bertz CT molecular complexity index is 1080. The molecule has 5 heteroatoms. The number of benzene rings is 3. The number of methoxy groups -OCH3 is 3. The van der Waals surface area contributed by atoms with Crippen molar-refractivity contribution in [3.05, 3.63) is 41.5 Å². The monoisotopic (exact) mass is 393 g/mol. The van der Waals surface area contributed by atoms with Gasteiger partial charge in [-0.1, -0.05) is 6.07 Å². The fourth-order valence-electron chi connectivity index (χ4n) is 4.97. The minimum absolute atomic E-state index is 0.525. The van der Waals surface area contributed by atoms with Crippen molar-refractivity contribution in [3.63, 3.8) is 0 Å². The van der Waals surface area contributed by atoms with Crippen LogP contribution in [0.5, 0.6) is 17.2 Å². The minimum atomic E-state index is 0.525. The molecule has 29 heavy (non-hydrogen) atoms. The van der Waals surface area contributed by atoms with E-state index >= 15 is 0 Å². The van der Waals surface area contributed by atoms with Crippen LogP contribution in [0.3, 0.4) is 0 Å². The van der Waals surface area contributed by atoms with Crippen LogP contribution in [0.2, 0.25) is 0 Å². The van der Waals surface area contributed by atoms with E-state index in [0.29, 0.717) is 6.04 Å². The van der Waals surface area contributed by atoms with Gasteiger partial charge in [-0.3, -0.25) is 4.90 Å². The van der Waals surface area contributed by atoms with Crippen LogP contribution in [0, 0.1) is 0 Å². The highest BCUT2D eigenvalue weighted by atomic mass is 16.5. The van der Waals surface area contributed by atoms with Crippen molar-refractivity contribution in [2.75, 3.05) is 41.1 Å². The van der Waals surface area contributed by atoms with Crippen LogP contribution in [0.25, 0.3) is 21.5 Å². The van der Waals surface area contributed by atoms with Gasteiger partial charge in [0.25, 0.3) is 0 Å². The Balaban J connectivity index is 1.82. The Morgan fingerprint density at radius 3 is 2.34 bits per heavy atom. The summed E-state index contributed by atoms with van der Waals surface area (Å²) < 4.78 is 22.6. The molecular weight excluding hydrogens is 366 g/mol. The second-order valence-corrected chi connectivity index (χ2v) is 7.85. The highest BCUT2D eigenvalue weighted by Crippen LogP contribution is 2.43. The van der Waals surface area contributed by atoms with Crippen LogP contribution in [-0.4, -0.2) is 52.0 Å². The summed E-state index contributed by atoms with van der Waals surface area (Å²) in [5.41, 5.74) is 2.85. The van der Waals surface area contributed by atoms with Gasteiger partial charge in [-0.25, -0.2) is 0 Å². The summed E-state index contributed by atoms with van der Waals surface area (Å²) in [5.74, 6) is 2.39. The molecule has 1 saturated heterocycles. The van der Waals surface area contributed by atoms with Gasteiger partial charge in [0.05, 0.1) is 27.9 Å². The van der Waals surface area contributed by atoms with Crippen LogP contribution in [0.1, 0.15) is 17.5 Å². The van der Waals surface area contributed by atoms with Crippen molar-refractivity contribution >= 4 is 21.5 Å². The average Bonchev–Trinajstić information content (AvgIpc) is 3.01. The van der Waals surface area contributed by atoms with Crippen molar-refractivity contribution in [1.82, 2.24) is 4.90 Å². The van der Waals surface area contributed by atoms with Crippen molar-refractivity contribution in [2.24, 2.45) is 0 Å². The highest BCUT2D eigenvalue weighted by Gasteiger charge is 2.30. The Morgan fingerprint density at radius 1 is 0.828 bits per heavy atom. The standard InChI is InChI=1S/C24H27NO4/c1-26-16-4-5-17-19(11-16)21-13-24(28-3)23(27-2)12-20(21)18-10-15-6-8-29-9-7-25(15)14-22(17)18/h4-5,11-13,15H,6-10,14H2,1-3H3/t15-/m1/s1. The first-order valence-corrected chi connectivity index (χ1v) is 10.2. The molecule has 2 aliphatic heterocycles. The fraction of sp³-hybridized carbons (Fsp3) is 0.417. The lowest BCUT2D eigenvalue weighted by atomic mass is 9.84. The van der Waals surface area contributed by atoms with Crippen molar-refractivity contribution < 1.29 is 18.9 Å². The maximum absolute atomic E-state index is 5.76. The molecule has 0 spiro atoms. The van der Waals surface area contributed by atoms with Gasteiger partial charge in [0, 0.05) is 25.7 Å². The number of nitrogens with zero attached hydrogens (tertiary/aromatic N) is 1. The van der Waals surface area contributed by atoms with Crippen LogP contribution in [0.15, 0.2) is 30.3 Å². The summed E-state index contributed by atoms with van der Waals surface area (Å²) in [6.07, 6.45) is 2.11. The first-order valence-electron chi connectivity index (χ1n) is 10.2. The summed E-state index contributed by atoms with van der Waals surface area (Å²) in [6, 6.07) is 11.2. The lowest BCUT2D eigenvalue weighted by Crippen LogP contribution is -2.40. The van der Waals surface area contributed by atoms with Crippen molar-refractivity contribution in [3.8, 4) is 17.2 Å². The third-order valence-corrected chi connectivity index (χ3v) is 6.49. The average molecular weight is 393 g/mol. The number of ether oxygens (including phenoxy) is 4. The van der Waals surface area contributed by atoms with E-state index in [0.717, 1.165) is 56.4 Å². The normalized spacial score (nSPS) is 19.5. The van der Waals surface area contributed by atoms with E-state index in [4.69, 9.17) is 18.9 Å². The Hall–Kier alpha value is -2.50.